The smallest absolute Gasteiger partial charge is 0.132 e. The Bertz CT molecular complexity index is 585. The molecule has 2 nitrogen and oxygen atoms in total. The zero-order valence-electron chi connectivity index (χ0n) is 12.1. The van der Waals surface area contributed by atoms with Crippen molar-refractivity contribution in [2.75, 3.05) is 0 Å². The summed E-state index contributed by atoms with van der Waals surface area (Å²) in [5.41, 5.74) is 7.25. The van der Waals surface area contributed by atoms with Gasteiger partial charge in [-0.2, -0.15) is 0 Å². The van der Waals surface area contributed by atoms with Gasteiger partial charge in [-0.15, -0.1) is 0 Å². The summed E-state index contributed by atoms with van der Waals surface area (Å²) < 4.78 is 6.38. The molecule has 0 unspecified atom stereocenters. The van der Waals surface area contributed by atoms with Crippen molar-refractivity contribution in [3.8, 4) is 5.75 Å². The van der Waals surface area contributed by atoms with Crippen LogP contribution in [0.15, 0.2) is 36.4 Å². The maximum Gasteiger partial charge on any atom is 0.132 e. The van der Waals surface area contributed by atoms with Gasteiger partial charge in [-0.05, 0) is 38.0 Å². The van der Waals surface area contributed by atoms with Crippen molar-refractivity contribution in [2.24, 2.45) is 5.73 Å². The Morgan fingerprint density at radius 1 is 1.05 bits per heavy atom. The van der Waals surface area contributed by atoms with Crippen LogP contribution in [0.2, 0.25) is 0 Å². The summed E-state index contributed by atoms with van der Waals surface area (Å²) in [6, 6.07) is 12.7. The Morgan fingerprint density at radius 3 is 2.55 bits per heavy atom. The van der Waals surface area contributed by atoms with E-state index in [-0.39, 0.29) is 6.04 Å². The zero-order chi connectivity index (χ0) is 13.9. The third-order valence-electron chi connectivity index (χ3n) is 4.24. The lowest BCUT2D eigenvalue weighted by atomic mass is 9.96. The Morgan fingerprint density at radius 2 is 1.80 bits per heavy atom. The van der Waals surface area contributed by atoms with Gasteiger partial charge >= 0.3 is 0 Å². The van der Waals surface area contributed by atoms with E-state index in [0.717, 1.165) is 11.3 Å². The SMILES string of the molecule is C[C@@H](N)c1ccc2ccccc2c1OC1CCCCC1. The fourth-order valence-electron chi connectivity index (χ4n) is 3.10. The van der Waals surface area contributed by atoms with E-state index in [1.807, 2.05) is 6.92 Å². The third kappa shape index (κ3) is 2.66. The molecule has 20 heavy (non-hydrogen) atoms. The van der Waals surface area contributed by atoms with E-state index in [1.165, 1.54) is 42.9 Å². The second kappa shape index (κ2) is 5.84. The molecule has 1 atom stereocenters. The molecule has 1 aliphatic rings. The normalized spacial score (nSPS) is 18.1. The van der Waals surface area contributed by atoms with Gasteiger partial charge in [0.05, 0.1) is 6.10 Å². The first-order valence-electron chi connectivity index (χ1n) is 7.69. The van der Waals surface area contributed by atoms with Crippen molar-refractivity contribution in [2.45, 2.75) is 51.2 Å². The standard InChI is InChI=1S/C18H23NO/c1-13(19)16-12-11-14-7-5-6-10-17(14)18(16)20-15-8-3-2-4-9-15/h5-7,10-13,15H,2-4,8-9,19H2,1H3/t13-/m1/s1. The molecule has 2 N–H and O–H groups in total. The summed E-state index contributed by atoms with van der Waals surface area (Å²) in [7, 11) is 0. The van der Waals surface area contributed by atoms with E-state index in [0.29, 0.717) is 6.10 Å². The molecule has 0 radical (unpaired) electrons. The van der Waals surface area contributed by atoms with E-state index < -0.39 is 0 Å². The predicted octanol–water partition coefficient (Wildman–Crippen LogP) is 4.57. The van der Waals surface area contributed by atoms with Crippen molar-refractivity contribution >= 4 is 10.8 Å². The van der Waals surface area contributed by atoms with Gasteiger partial charge < -0.3 is 10.5 Å². The Labute approximate surface area is 120 Å². The summed E-state index contributed by atoms with van der Waals surface area (Å²) in [6.45, 7) is 2.03. The van der Waals surface area contributed by atoms with Crippen molar-refractivity contribution in [1.82, 2.24) is 0 Å². The van der Waals surface area contributed by atoms with Crippen LogP contribution in [0.4, 0.5) is 0 Å². The fourth-order valence-corrected chi connectivity index (χ4v) is 3.10. The molecular formula is C18H23NO. The minimum Gasteiger partial charge on any atom is -0.489 e. The highest BCUT2D eigenvalue weighted by Crippen LogP contribution is 2.35. The maximum absolute atomic E-state index is 6.38. The molecule has 0 amide bonds. The van der Waals surface area contributed by atoms with Crippen LogP contribution in [-0.2, 0) is 0 Å². The summed E-state index contributed by atoms with van der Waals surface area (Å²) in [6.07, 6.45) is 6.59. The summed E-state index contributed by atoms with van der Waals surface area (Å²) in [4.78, 5) is 0. The molecule has 0 spiro atoms. The molecule has 106 valence electrons. The first kappa shape index (κ1) is 13.4. The van der Waals surface area contributed by atoms with Gasteiger partial charge in [0.1, 0.15) is 5.75 Å². The first-order chi connectivity index (χ1) is 9.75. The first-order valence-corrected chi connectivity index (χ1v) is 7.69. The Balaban J connectivity index is 2.02. The van der Waals surface area contributed by atoms with Crippen molar-refractivity contribution in [1.29, 1.82) is 0 Å². The zero-order valence-corrected chi connectivity index (χ0v) is 12.1. The highest BCUT2D eigenvalue weighted by molar-refractivity contribution is 5.89. The van der Waals surface area contributed by atoms with Gasteiger partial charge in [-0.3, -0.25) is 0 Å². The van der Waals surface area contributed by atoms with Crippen LogP contribution in [0.5, 0.6) is 5.75 Å². The molecule has 1 aliphatic carbocycles. The number of ether oxygens (including phenoxy) is 1. The van der Waals surface area contributed by atoms with E-state index in [4.69, 9.17) is 10.5 Å². The lowest BCUT2D eigenvalue weighted by Crippen LogP contribution is -2.21. The number of rotatable bonds is 3. The number of fused-ring (bicyclic) bond motifs is 1. The van der Waals surface area contributed by atoms with Crippen LogP contribution in [0.3, 0.4) is 0 Å². The maximum atomic E-state index is 6.38. The molecule has 3 rings (SSSR count). The molecule has 0 aromatic heterocycles. The number of nitrogens with two attached hydrogens (primary N) is 1. The molecule has 2 heteroatoms. The van der Waals surface area contributed by atoms with Crippen LogP contribution in [0, 0.1) is 0 Å². The highest BCUT2D eigenvalue weighted by Gasteiger charge is 2.19. The van der Waals surface area contributed by atoms with E-state index in [9.17, 15) is 0 Å². The molecule has 0 heterocycles. The van der Waals surface area contributed by atoms with Crippen LogP contribution in [0.1, 0.15) is 50.6 Å². The third-order valence-corrected chi connectivity index (χ3v) is 4.24. The largest absolute Gasteiger partial charge is 0.489 e. The van der Waals surface area contributed by atoms with Gasteiger partial charge in [0, 0.05) is 17.0 Å². The minimum absolute atomic E-state index is 0.00167. The average Bonchev–Trinajstić information content (AvgIpc) is 2.48. The fraction of sp³-hybridized carbons (Fsp3) is 0.444. The summed E-state index contributed by atoms with van der Waals surface area (Å²) in [5, 5.41) is 2.41. The predicted molar refractivity (Wildman–Crippen MR) is 84.1 cm³/mol. The van der Waals surface area contributed by atoms with E-state index in [2.05, 4.69) is 36.4 Å². The van der Waals surface area contributed by atoms with E-state index in [1.54, 1.807) is 0 Å². The minimum atomic E-state index is -0.00167. The van der Waals surface area contributed by atoms with E-state index >= 15 is 0 Å². The van der Waals surface area contributed by atoms with Crippen molar-refractivity contribution < 1.29 is 4.74 Å². The Hall–Kier alpha value is -1.54. The van der Waals surface area contributed by atoms with Crippen LogP contribution < -0.4 is 10.5 Å². The summed E-state index contributed by atoms with van der Waals surface area (Å²) >= 11 is 0. The molecule has 1 saturated carbocycles. The monoisotopic (exact) mass is 269 g/mol. The number of benzene rings is 2. The molecule has 0 aliphatic heterocycles. The van der Waals surface area contributed by atoms with Crippen molar-refractivity contribution in [3.05, 3.63) is 42.0 Å². The second-order valence-electron chi connectivity index (χ2n) is 5.87. The van der Waals surface area contributed by atoms with Gasteiger partial charge in [0.2, 0.25) is 0 Å². The van der Waals surface area contributed by atoms with Gasteiger partial charge in [-0.1, -0.05) is 42.8 Å². The van der Waals surface area contributed by atoms with Crippen LogP contribution in [-0.4, -0.2) is 6.10 Å². The van der Waals surface area contributed by atoms with Crippen LogP contribution >= 0.6 is 0 Å². The Kier molecular flexibility index (Phi) is 3.93. The molecular weight excluding hydrogens is 246 g/mol. The lowest BCUT2D eigenvalue weighted by Gasteiger charge is -2.26. The summed E-state index contributed by atoms with van der Waals surface area (Å²) in [5.74, 6) is 1.00. The molecule has 0 bridgehead atoms. The van der Waals surface area contributed by atoms with Gasteiger partial charge in [-0.25, -0.2) is 0 Å². The average molecular weight is 269 g/mol. The van der Waals surface area contributed by atoms with Crippen LogP contribution in [0.25, 0.3) is 10.8 Å². The number of hydrogen-bond donors (Lipinski definition) is 1. The molecule has 2 aromatic carbocycles. The van der Waals surface area contributed by atoms with Gasteiger partial charge in [0.15, 0.2) is 0 Å². The van der Waals surface area contributed by atoms with Gasteiger partial charge in [0.25, 0.3) is 0 Å². The topological polar surface area (TPSA) is 35.2 Å². The lowest BCUT2D eigenvalue weighted by molar-refractivity contribution is 0.155. The number of hydrogen-bond acceptors (Lipinski definition) is 2. The molecule has 0 saturated heterocycles. The second-order valence-corrected chi connectivity index (χ2v) is 5.87. The highest BCUT2D eigenvalue weighted by atomic mass is 16.5. The molecule has 2 aromatic rings. The quantitative estimate of drug-likeness (QED) is 0.885. The van der Waals surface area contributed by atoms with Crippen molar-refractivity contribution in [3.63, 3.8) is 0 Å². The molecule has 1 fully saturated rings.